The molecule has 0 saturated heterocycles. The average Bonchev–Trinajstić information content (AvgIpc) is 0.898. The van der Waals surface area contributed by atoms with Crippen LogP contribution < -0.4 is 0 Å². The fourth-order valence-electron chi connectivity index (χ4n) is 12.4. The van der Waals surface area contributed by atoms with E-state index in [0.29, 0.717) is 19.3 Å². The van der Waals surface area contributed by atoms with Crippen molar-refractivity contribution in [1.29, 1.82) is 0 Å². The molecule has 0 aliphatic carbocycles. The highest BCUT2D eigenvalue weighted by Gasteiger charge is 2.29. The number of hydrogen-bond donors (Lipinski definition) is 4. The third kappa shape index (κ3) is 89.8. The van der Waals surface area contributed by atoms with E-state index in [-0.39, 0.29) is 19.3 Å². The Hall–Kier alpha value is -4.83. The molecule has 0 rings (SSSR count). The SMILES string of the molecule is CC/C=C\C/C=C\C/C=C\C/C=C\C/C=C\CCCCCCCCCCCCCCCCCCCC(=O)OCC(O)COP(=O)(O)OCC(O)COP(=O)(O)OCC(COC(=O)CCCCCCCCCCCCCCCCC/C=C\C/C=C\C/C=C\C/C=C\C/C=C\CC)OC(=O)CCCCCCC/C=C\C/C=C\C/C=C\CC. The summed E-state index contributed by atoms with van der Waals surface area (Å²) in [6.45, 7) is 2.37. The van der Waals surface area contributed by atoms with Gasteiger partial charge in [-0.2, -0.15) is 0 Å². The summed E-state index contributed by atoms with van der Waals surface area (Å²) in [5.41, 5.74) is 0. The zero-order valence-corrected chi connectivity index (χ0v) is 74.5. The van der Waals surface area contributed by atoms with Crippen molar-refractivity contribution in [3.05, 3.63) is 158 Å². The lowest BCUT2D eigenvalue weighted by atomic mass is 10.0. The molecule has 0 bridgehead atoms. The molecular weight excluding hydrogens is 1480 g/mol. The fourth-order valence-corrected chi connectivity index (χ4v) is 14.0. The molecule has 0 heterocycles. The van der Waals surface area contributed by atoms with Gasteiger partial charge in [0.1, 0.15) is 25.4 Å². The highest BCUT2D eigenvalue weighted by molar-refractivity contribution is 7.47. The molecule has 16 nitrogen and oxygen atoms in total. The molecule has 0 aromatic heterocycles. The Labute approximate surface area is 701 Å². The van der Waals surface area contributed by atoms with E-state index in [2.05, 4.69) is 179 Å². The van der Waals surface area contributed by atoms with Crippen LogP contribution in [-0.4, -0.2) is 95.9 Å². The molecule has 0 amide bonds. The maximum absolute atomic E-state index is 13.0. The van der Waals surface area contributed by atoms with E-state index in [1.807, 2.05) is 0 Å². The Balaban J connectivity index is 4.44. The largest absolute Gasteiger partial charge is 0.472 e. The minimum absolute atomic E-state index is 0.0834. The number of hydrogen-bond acceptors (Lipinski definition) is 14. The van der Waals surface area contributed by atoms with E-state index in [1.165, 1.54) is 167 Å². The number of phosphoric acid groups is 2. The van der Waals surface area contributed by atoms with Crippen LogP contribution in [0.3, 0.4) is 0 Å². The molecule has 0 aromatic rings. The van der Waals surface area contributed by atoms with E-state index in [4.69, 9.17) is 32.3 Å². The van der Waals surface area contributed by atoms with Gasteiger partial charge in [-0.25, -0.2) is 9.13 Å². The minimum atomic E-state index is -4.94. The number of ether oxygens (including phenoxy) is 3. The minimum Gasteiger partial charge on any atom is -0.463 e. The molecule has 660 valence electrons. The molecule has 0 fully saturated rings. The molecule has 0 aromatic carbocycles. The van der Waals surface area contributed by atoms with Crippen molar-refractivity contribution in [2.75, 3.05) is 39.6 Å². The van der Waals surface area contributed by atoms with Crippen LogP contribution in [0.5, 0.6) is 0 Å². The van der Waals surface area contributed by atoms with Crippen molar-refractivity contribution in [2.45, 2.75) is 399 Å². The highest BCUT2D eigenvalue weighted by Crippen LogP contribution is 2.45. The second kappa shape index (κ2) is 88.5. The Morgan fingerprint density at radius 1 is 0.243 bits per heavy atom. The Morgan fingerprint density at radius 2 is 0.435 bits per heavy atom. The van der Waals surface area contributed by atoms with Gasteiger partial charge in [0, 0.05) is 19.3 Å². The summed E-state index contributed by atoms with van der Waals surface area (Å²) in [6.07, 6.45) is 113. The van der Waals surface area contributed by atoms with Crippen molar-refractivity contribution in [3.8, 4) is 0 Å². The topological polar surface area (TPSA) is 231 Å². The average molecular weight is 1650 g/mol. The molecule has 0 aliphatic heterocycles. The van der Waals surface area contributed by atoms with Crippen LogP contribution in [0.1, 0.15) is 380 Å². The summed E-state index contributed by atoms with van der Waals surface area (Å²) < 4.78 is 61.4. The lowest BCUT2D eigenvalue weighted by Gasteiger charge is -2.21. The van der Waals surface area contributed by atoms with Crippen LogP contribution in [0.25, 0.3) is 0 Å². The van der Waals surface area contributed by atoms with E-state index in [9.17, 15) is 43.5 Å². The second-order valence-electron chi connectivity index (χ2n) is 30.3. The Kier molecular flexibility index (Phi) is 84.7. The number of phosphoric ester groups is 2. The van der Waals surface area contributed by atoms with Gasteiger partial charge in [0.2, 0.25) is 0 Å². The first-order valence-corrected chi connectivity index (χ1v) is 48.8. The third-order valence-electron chi connectivity index (χ3n) is 19.2. The maximum atomic E-state index is 13.0. The van der Waals surface area contributed by atoms with Crippen molar-refractivity contribution in [2.24, 2.45) is 0 Å². The monoisotopic (exact) mass is 1650 g/mol. The van der Waals surface area contributed by atoms with Crippen molar-refractivity contribution in [3.63, 3.8) is 0 Å². The van der Waals surface area contributed by atoms with Gasteiger partial charge in [-0.15, -0.1) is 0 Å². The first-order valence-electron chi connectivity index (χ1n) is 45.8. The van der Waals surface area contributed by atoms with Crippen molar-refractivity contribution < 1.29 is 75.8 Å². The molecule has 0 aliphatic rings. The summed E-state index contributed by atoms with van der Waals surface area (Å²) >= 11 is 0. The fraction of sp³-hybridized carbons (Fsp3) is 0.701. The van der Waals surface area contributed by atoms with Crippen LogP contribution in [0.4, 0.5) is 0 Å². The second-order valence-corrected chi connectivity index (χ2v) is 33.2. The molecule has 0 radical (unpaired) electrons. The normalized spacial score (nSPS) is 14.5. The van der Waals surface area contributed by atoms with Crippen LogP contribution in [0.2, 0.25) is 0 Å². The summed E-state index contributed by atoms with van der Waals surface area (Å²) in [5.74, 6) is -1.58. The molecular formula is C97H166O16P2. The van der Waals surface area contributed by atoms with E-state index in [0.717, 1.165) is 154 Å². The number of esters is 3. The van der Waals surface area contributed by atoms with Gasteiger partial charge < -0.3 is 34.2 Å². The van der Waals surface area contributed by atoms with Gasteiger partial charge >= 0.3 is 33.6 Å². The Morgan fingerprint density at radius 3 is 0.687 bits per heavy atom. The Bertz CT molecular complexity index is 2720. The summed E-state index contributed by atoms with van der Waals surface area (Å²) in [7, 11) is -9.81. The zero-order chi connectivity index (χ0) is 83.6. The van der Waals surface area contributed by atoms with Crippen LogP contribution in [-0.2, 0) is 55.8 Å². The van der Waals surface area contributed by atoms with Crippen LogP contribution in [0.15, 0.2) is 158 Å². The smallest absolute Gasteiger partial charge is 0.463 e. The van der Waals surface area contributed by atoms with Gasteiger partial charge in [0.05, 0.1) is 26.4 Å². The number of unbranched alkanes of at least 4 members (excludes halogenated alkanes) is 37. The maximum Gasteiger partial charge on any atom is 0.472 e. The first kappa shape index (κ1) is 110. The number of aliphatic hydroxyl groups is 2. The van der Waals surface area contributed by atoms with Gasteiger partial charge in [-0.3, -0.25) is 32.5 Å². The van der Waals surface area contributed by atoms with E-state index >= 15 is 0 Å². The summed E-state index contributed by atoms with van der Waals surface area (Å²) in [5, 5.41) is 20.7. The van der Waals surface area contributed by atoms with Gasteiger partial charge in [-0.05, 0) is 141 Å². The van der Waals surface area contributed by atoms with E-state index in [1.54, 1.807) is 0 Å². The molecule has 0 spiro atoms. The summed E-state index contributed by atoms with van der Waals surface area (Å²) in [6, 6.07) is 0. The molecule has 115 heavy (non-hydrogen) atoms. The standard InChI is InChI=1S/C97H166O16P2/c1-4-7-10-13-16-19-22-25-28-30-32-34-36-38-40-42-44-45-47-49-50-52-54-56-58-60-63-65-68-71-74-77-80-83-95(100)107-86-92(98)87-109-114(103,104)110-88-93(99)89-111-115(105,106)112-91-94(113-97(102)85-82-79-76-73-70-67-62-27-24-21-18-15-12-9-6-3)90-108-96(101)84-81-78-75-72-69-66-64-61-59-57-55-53-51-48-46-43-41-39-37-35-33-31-29-26-23-20-17-14-11-8-5-2/h7-12,16-21,25-29,32-35,38-41,62,92-94,98-99H,4-6,13-15,22-24,30-31,36-37,42-61,63-91H2,1-3H3,(H,103,104)(H,105,106)/b10-7-,11-8-,12-9-,19-16-,20-17-,21-18-,28-25-,29-26-,34-32-,35-33-,40-38-,41-39-,62-27-. The van der Waals surface area contributed by atoms with E-state index < -0.39 is 91.5 Å². The van der Waals surface area contributed by atoms with Crippen molar-refractivity contribution >= 4 is 33.6 Å². The summed E-state index contributed by atoms with van der Waals surface area (Å²) in [4.78, 5) is 58.9. The predicted octanol–water partition coefficient (Wildman–Crippen LogP) is 28.1. The van der Waals surface area contributed by atoms with Gasteiger partial charge in [0.15, 0.2) is 6.10 Å². The number of aliphatic hydroxyl groups excluding tert-OH is 2. The number of carbonyl (C=O) groups is 3. The molecule has 5 atom stereocenters. The van der Waals surface area contributed by atoms with Crippen LogP contribution >= 0.6 is 15.6 Å². The number of rotatable bonds is 86. The third-order valence-corrected chi connectivity index (χ3v) is 21.1. The number of carbonyl (C=O) groups excluding carboxylic acids is 3. The van der Waals surface area contributed by atoms with Crippen LogP contribution in [0, 0.1) is 0 Å². The quantitative estimate of drug-likeness (QED) is 0.0146. The molecule has 5 unspecified atom stereocenters. The number of allylic oxidation sites excluding steroid dienone is 26. The highest BCUT2D eigenvalue weighted by atomic mass is 31.2. The molecule has 4 N–H and O–H groups in total. The molecule has 18 heteroatoms. The predicted molar refractivity (Wildman–Crippen MR) is 482 cm³/mol. The van der Waals surface area contributed by atoms with Gasteiger partial charge in [-0.1, -0.05) is 378 Å². The molecule has 0 saturated carbocycles. The lowest BCUT2D eigenvalue weighted by molar-refractivity contribution is -0.161. The van der Waals surface area contributed by atoms with Gasteiger partial charge in [0.25, 0.3) is 0 Å². The zero-order valence-electron chi connectivity index (χ0n) is 72.7. The lowest BCUT2D eigenvalue weighted by Crippen LogP contribution is -2.30. The van der Waals surface area contributed by atoms with Crippen molar-refractivity contribution in [1.82, 2.24) is 0 Å². The first-order chi connectivity index (χ1) is 56.2.